The van der Waals surface area contributed by atoms with E-state index in [4.69, 9.17) is 16.3 Å². The van der Waals surface area contributed by atoms with Crippen LogP contribution in [0.2, 0.25) is 5.02 Å². The van der Waals surface area contributed by atoms with Crippen LogP contribution in [0.3, 0.4) is 0 Å². The van der Waals surface area contributed by atoms with Crippen LogP contribution in [0.4, 0.5) is 5.82 Å². The normalized spacial score (nSPS) is 24.1. The first-order chi connectivity index (χ1) is 7.84. The molecule has 16 heavy (non-hydrogen) atoms. The molecule has 1 aromatic rings. The van der Waals surface area contributed by atoms with Gasteiger partial charge >= 0.3 is 0 Å². The molecule has 2 aliphatic rings. The molecule has 1 atom stereocenters. The van der Waals surface area contributed by atoms with E-state index in [1.807, 2.05) is 6.07 Å². The fraction of sp³-hybridized carbons (Fsp3) is 0.545. The average Bonchev–Trinajstić information content (AvgIpc) is 2.47. The summed E-state index contributed by atoms with van der Waals surface area (Å²) < 4.78 is 5.70. The van der Waals surface area contributed by atoms with Crippen LogP contribution in [0, 0.1) is 0 Å². The summed E-state index contributed by atoms with van der Waals surface area (Å²) in [6.45, 7) is 3.72. The van der Waals surface area contributed by atoms with E-state index < -0.39 is 0 Å². The number of ether oxygens (including phenoxy) is 1. The van der Waals surface area contributed by atoms with Crippen molar-refractivity contribution in [2.75, 3.05) is 31.1 Å². The number of piperazine rings is 1. The number of rotatable bonds is 0. The number of aromatic nitrogens is 1. The summed E-state index contributed by atoms with van der Waals surface area (Å²) in [7, 11) is 0. The Labute approximate surface area is 99.6 Å². The average molecular weight is 240 g/mol. The van der Waals surface area contributed by atoms with Gasteiger partial charge in [0.15, 0.2) is 11.6 Å². The van der Waals surface area contributed by atoms with Gasteiger partial charge in [0.1, 0.15) is 0 Å². The van der Waals surface area contributed by atoms with Crippen molar-refractivity contribution in [3.05, 3.63) is 17.3 Å². The van der Waals surface area contributed by atoms with E-state index in [-0.39, 0.29) is 0 Å². The maximum Gasteiger partial charge on any atom is 0.171 e. The second-order valence-corrected chi connectivity index (χ2v) is 4.60. The van der Waals surface area contributed by atoms with Crippen molar-refractivity contribution in [2.24, 2.45) is 0 Å². The maximum absolute atomic E-state index is 5.93. The molecule has 86 valence electrons. The molecule has 0 amide bonds. The molecule has 1 aromatic heterocycles. The molecule has 1 fully saturated rings. The quantitative estimate of drug-likeness (QED) is 0.741. The highest BCUT2D eigenvalue weighted by atomic mass is 35.5. The van der Waals surface area contributed by atoms with Gasteiger partial charge in [0.25, 0.3) is 0 Å². The van der Waals surface area contributed by atoms with E-state index in [9.17, 15) is 0 Å². The standard InChI is InChI=1S/C11H14ClN3O/c12-8-5-10-11(14-6-8)15-3-2-13-7-9(15)1-4-16-10/h5-6,9,13H,1-4,7H2. The first kappa shape index (κ1) is 10.2. The van der Waals surface area contributed by atoms with Gasteiger partial charge in [-0.2, -0.15) is 0 Å². The van der Waals surface area contributed by atoms with Crippen LogP contribution >= 0.6 is 11.6 Å². The van der Waals surface area contributed by atoms with Gasteiger partial charge in [-0.25, -0.2) is 4.98 Å². The summed E-state index contributed by atoms with van der Waals surface area (Å²) in [5.41, 5.74) is 0. The molecule has 1 N–H and O–H groups in total. The molecule has 3 rings (SSSR count). The molecule has 0 radical (unpaired) electrons. The third-order valence-electron chi connectivity index (χ3n) is 3.13. The van der Waals surface area contributed by atoms with Crippen LogP contribution in [0.15, 0.2) is 12.3 Å². The molecule has 1 saturated heterocycles. The summed E-state index contributed by atoms with van der Waals surface area (Å²) in [5, 5.41) is 4.03. The van der Waals surface area contributed by atoms with E-state index in [1.165, 1.54) is 0 Å². The molecule has 2 aliphatic heterocycles. The maximum atomic E-state index is 5.93. The van der Waals surface area contributed by atoms with Crippen LogP contribution in [0.1, 0.15) is 6.42 Å². The van der Waals surface area contributed by atoms with Gasteiger partial charge < -0.3 is 15.0 Å². The number of nitrogens with one attached hydrogen (secondary N) is 1. The van der Waals surface area contributed by atoms with Crippen LogP contribution < -0.4 is 15.0 Å². The van der Waals surface area contributed by atoms with Crippen LogP contribution in [-0.4, -0.2) is 37.3 Å². The number of pyridine rings is 1. The van der Waals surface area contributed by atoms with Crippen LogP contribution in [0.25, 0.3) is 0 Å². The third kappa shape index (κ3) is 1.72. The molecule has 1 unspecified atom stereocenters. The van der Waals surface area contributed by atoms with E-state index in [2.05, 4.69) is 15.2 Å². The topological polar surface area (TPSA) is 37.4 Å². The Kier molecular flexibility index (Phi) is 2.61. The van der Waals surface area contributed by atoms with Gasteiger partial charge in [-0.3, -0.25) is 0 Å². The molecule has 0 spiro atoms. The van der Waals surface area contributed by atoms with Crippen molar-refractivity contribution in [3.8, 4) is 5.75 Å². The first-order valence-electron chi connectivity index (χ1n) is 5.60. The second-order valence-electron chi connectivity index (χ2n) is 4.16. The highest BCUT2D eigenvalue weighted by Crippen LogP contribution is 2.33. The summed E-state index contributed by atoms with van der Waals surface area (Å²) in [5.74, 6) is 1.75. The molecule has 0 aromatic carbocycles. The Balaban J connectivity index is 2.00. The molecule has 0 bridgehead atoms. The Morgan fingerprint density at radius 2 is 2.50 bits per heavy atom. The SMILES string of the molecule is Clc1cnc2c(c1)OCCC1CNCCN21. The van der Waals surface area contributed by atoms with Gasteiger partial charge in [-0.15, -0.1) is 0 Å². The molecule has 3 heterocycles. The lowest BCUT2D eigenvalue weighted by atomic mass is 10.1. The monoisotopic (exact) mass is 239 g/mol. The molecule has 5 heteroatoms. The minimum absolute atomic E-state index is 0.490. The number of hydrogen-bond donors (Lipinski definition) is 1. The zero-order chi connectivity index (χ0) is 11.0. The summed E-state index contributed by atoms with van der Waals surface area (Å²) in [6, 6.07) is 2.34. The van der Waals surface area contributed by atoms with Crippen molar-refractivity contribution < 1.29 is 4.74 Å². The lowest BCUT2D eigenvalue weighted by Crippen LogP contribution is -2.51. The van der Waals surface area contributed by atoms with E-state index >= 15 is 0 Å². The first-order valence-corrected chi connectivity index (χ1v) is 5.98. The predicted molar refractivity (Wildman–Crippen MR) is 63.4 cm³/mol. The highest BCUT2D eigenvalue weighted by molar-refractivity contribution is 6.30. The van der Waals surface area contributed by atoms with Gasteiger partial charge in [0, 0.05) is 44.4 Å². The van der Waals surface area contributed by atoms with Crippen molar-refractivity contribution in [1.29, 1.82) is 0 Å². The minimum atomic E-state index is 0.490. The predicted octanol–water partition coefficient (Wildman–Crippen LogP) is 1.30. The zero-order valence-corrected chi connectivity index (χ0v) is 9.70. The van der Waals surface area contributed by atoms with Crippen molar-refractivity contribution >= 4 is 17.4 Å². The highest BCUT2D eigenvalue weighted by Gasteiger charge is 2.28. The Hall–Kier alpha value is -1.00. The Bertz CT molecular complexity index is 399. The number of halogens is 1. The molecular formula is C11H14ClN3O. The fourth-order valence-electron chi connectivity index (χ4n) is 2.34. The van der Waals surface area contributed by atoms with Crippen molar-refractivity contribution in [1.82, 2.24) is 10.3 Å². The smallest absolute Gasteiger partial charge is 0.171 e. The van der Waals surface area contributed by atoms with E-state index in [0.717, 1.165) is 44.2 Å². The number of fused-ring (bicyclic) bond motifs is 3. The molecule has 0 saturated carbocycles. The zero-order valence-electron chi connectivity index (χ0n) is 8.95. The third-order valence-corrected chi connectivity index (χ3v) is 3.34. The number of hydrogen-bond acceptors (Lipinski definition) is 4. The minimum Gasteiger partial charge on any atom is -0.490 e. The molecule has 4 nitrogen and oxygen atoms in total. The van der Waals surface area contributed by atoms with Gasteiger partial charge in [0.05, 0.1) is 11.6 Å². The van der Waals surface area contributed by atoms with Gasteiger partial charge in [-0.05, 0) is 0 Å². The lowest BCUT2D eigenvalue weighted by Gasteiger charge is -2.35. The van der Waals surface area contributed by atoms with Gasteiger partial charge in [0.2, 0.25) is 0 Å². The van der Waals surface area contributed by atoms with Crippen molar-refractivity contribution in [3.63, 3.8) is 0 Å². The van der Waals surface area contributed by atoms with Gasteiger partial charge in [-0.1, -0.05) is 11.6 Å². The summed E-state index contributed by atoms with van der Waals surface area (Å²) in [4.78, 5) is 6.73. The van der Waals surface area contributed by atoms with Crippen LogP contribution in [-0.2, 0) is 0 Å². The van der Waals surface area contributed by atoms with E-state index in [1.54, 1.807) is 6.20 Å². The second kappa shape index (κ2) is 4.11. The number of nitrogens with zero attached hydrogens (tertiary/aromatic N) is 2. The van der Waals surface area contributed by atoms with Crippen molar-refractivity contribution in [2.45, 2.75) is 12.5 Å². The number of anilines is 1. The summed E-state index contributed by atoms with van der Waals surface area (Å²) in [6.07, 6.45) is 2.72. The summed E-state index contributed by atoms with van der Waals surface area (Å²) >= 11 is 5.93. The Morgan fingerprint density at radius 3 is 3.44 bits per heavy atom. The van der Waals surface area contributed by atoms with E-state index in [0.29, 0.717) is 11.1 Å². The fourth-order valence-corrected chi connectivity index (χ4v) is 2.49. The molecule has 0 aliphatic carbocycles. The van der Waals surface area contributed by atoms with Crippen LogP contribution in [0.5, 0.6) is 5.75 Å². The largest absolute Gasteiger partial charge is 0.490 e. The Morgan fingerprint density at radius 1 is 1.56 bits per heavy atom. The lowest BCUT2D eigenvalue weighted by molar-refractivity contribution is 0.303. The molecular weight excluding hydrogens is 226 g/mol.